The van der Waals surface area contributed by atoms with Crippen LogP contribution in [0.1, 0.15) is 31.4 Å². The summed E-state index contributed by atoms with van der Waals surface area (Å²) >= 11 is 1.67. The van der Waals surface area contributed by atoms with E-state index in [1.165, 1.54) is 12.0 Å². The van der Waals surface area contributed by atoms with Crippen LogP contribution < -0.4 is 9.64 Å². The van der Waals surface area contributed by atoms with Crippen molar-refractivity contribution in [1.82, 2.24) is 9.97 Å². The summed E-state index contributed by atoms with van der Waals surface area (Å²) in [7, 11) is 0. The Kier molecular flexibility index (Phi) is 3.87. The lowest BCUT2D eigenvalue weighted by Crippen LogP contribution is -2.23. The molecule has 1 atom stereocenters. The van der Waals surface area contributed by atoms with Crippen LogP contribution in [0.3, 0.4) is 0 Å². The van der Waals surface area contributed by atoms with Gasteiger partial charge in [0.1, 0.15) is 22.7 Å². The molecule has 1 fully saturated rings. The lowest BCUT2D eigenvalue weighted by Gasteiger charge is -2.26. The highest BCUT2D eigenvalue weighted by molar-refractivity contribution is 7.16. The number of fused-ring (bicyclic) bond motifs is 1. The van der Waals surface area contributed by atoms with Gasteiger partial charge < -0.3 is 9.64 Å². The van der Waals surface area contributed by atoms with E-state index in [1.54, 1.807) is 17.7 Å². The second-order valence-electron chi connectivity index (χ2n) is 5.69. The summed E-state index contributed by atoms with van der Waals surface area (Å²) in [5.41, 5.74) is 1.33. The van der Waals surface area contributed by atoms with E-state index in [0.717, 1.165) is 34.7 Å². The molecular weight excluding hydrogens is 306 g/mol. The van der Waals surface area contributed by atoms with Crippen LogP contribution in [0, 0.1) is 0 Å². The molecule has 0 saturated carbocycles. The van der Waals surface area contributed by atoms with Gasteiger partial charge in [-0.2, -0.15) is 0 Å². The van der Waals surface area contributed by atoms with Crippen molar-refractivity contribution in [3.8, 4) is 5.75 Å². The zero-order chi connectivity index (χ0) is 15.6. The molecule has 1 unspecified atom stereocenters. The fourth-order valence-electron chi connectivity index (χ4n) is 3.33. The predicted octanol–water partition coefficient (Wildman–Crippen LogP) is 4.43. The van der Waals surface area contributed by atoms with Crippen LogP contribution in [0.4, 0.5) is 5.82 Å². The maximum Gasteiger partial charge on any atom is 0.141 e. The summed E-state index contributed by atoms with van der Waals surface area (Å²) in [6.45, 7) is 3.75. The van der Waals surface area contributed by atoms with E-state index in [9.17, 15) is 0 Å². The molecule has 4 nitrogen and oxygen atoms in total. The Morgan fingerprint density at radius 3 is 2.91 bits per heavy atom. The molecule has 0 amide bonds. The largest absolute Gasteiger partial charge is 0.494 e. The van der Waals surface area contributed by atoms with Crippen molar-refractivity contribution in [2.45, 2.75) is 25.8 Å². The van der Waals surface area contributed by atoms with Crippen molar-refractivity contribution in [2.24, 2.45) is 0 Å². The molecule has 1 aliphatic rings. The Morgan fingerprint density at radius 1 is 1.22 bits per heavy atom. The fraction of sp³-hybridized carbons (Fsp3) is 0.333. The molecule has 1 aliphatic heterocycles. The van der Waals surface area contributed by atoms with E-state index in [4.69, 9.17) is 4.74 Å². The summed E-state index contributed by atoms with van der Waals surface area (Å²) in [4.78, 5) is 12.4. The molecule has 0 radical (unpaired) electrons. The number of nitrogens with zero attached hydrogens (tertiary/aromatic N) is 3. The van der Waals surface area contributed by atoms with Crippen molar-refractivity contribution in [1.29, 1.82) is 0 Å². The Labute approximate surface area is 139 Å². The molecule has 5 heteroatoms. The molecule has 1 saturated heterocycles. The first-order chi connectivity index (χ1) is 11.4. The Morgan fingerprint density at radius 2 is 2.09 bits per heavy atom. The first-order valence-corrected chi connectivity index (χ1v) is 8.92. The van der Waals surface area contributed by atoms with E-state index in [-0.39, 0.29) is 0 Å². The van der Waals surface area contributed by atoms with E-state index in [0.29, 0.717) is 12.6 Å². The number of thiophene rings is 1. The third-order valence-corrected chi connectivity index (χ3v) is 5.16. The van der Waals surface area contributed by atoms with Gasteiger partial charge >= 0.3 is 0 Å². The molecular formula is C18H19N3OS. The smallest absolute Gasteiger partial charge is 0.141 e. The molecule has 4 rings (SSSR count). The number of hydrogen-bond acceptors (Lipinski definition) is 5. The van der Waals surface area contributed by atoms with E-state index in [1.807, 2.05) is 6.92 Å². The van der Waals surface area contributed by atoms with Gasteiger partial charge in [0.25, 0.3) is 0 Å². The second kappa shape index (κ2) is 6.16. The Hall–Kier alpha value is -2.14. The van der Waals surface area contributed by atoms with Crippen LogP contribution in [-0.2, 0) is 0 Å². The molecule has 2 aromatic heterocycles. The van der Waals surface area contributed by atoms with Crippen LogP contribution in [0.15, 0.2) is 42.0 Å². The lowest BCUT2D eigenvalue weighted by molar-refractivity contribution is 0.340. The summed E-state index contributed by atoms with van der Waals surface area (Å²) in [6.07, 6.45) is 4.03. The average molecular weight is 325 g/mol. The number of rotatable bonds is 4. The van der Waals surface area contributed by atoms with Gasteiger partial charge in [-0.25, -0.2) is 9.97 Å². The Bertz CT molecular complexity index is 799. The molecule has 0 aliphatic carbocycles. The fourth-order valence-corrected chi connectivity index (χ4v) is 4.05. The van der Waals surface area contributed by atoms with Crippen molar-refractivity contribution in [3.63, 3.8) is 0 Å². The van der Waals surface area contributed by atoms with Crippen LogP contribution in [0.5, 0.6) is 5.75 Å². The van der Waals surface area contributed by atoms with Crippen molar-refractivity contribution in [2.75, 3.05) is 18.1 Å². The molecule has 3 heterocycles. The molecule has 118 valence electrons. The summed E-state index contributed by atoms with van der Waals surface area (Å²) < 4.78 is 5.55. The monoisotopic (exact) mass is 325 g/mol. The molecule has 0 N–H and O–H groups in total. The lowest BCUT2D eigenvalue weighted by atomic mass is 10.0. The quantitative estimate of drug-likeness (QED) is 0.711. The van der Waals surface area contributed by atoms with E-state index in [2.05, 4.69) is 50.6 Å². The van der Waals surface area contributed by atoms with Gasteiger partial charge in [-0.1, -0.05) is 12.1 Å². The molecule has 0 bridgehead atoms. The average Bonchev–Trinajstić information content (AvgIpc) is 3.25. The number of anilines is 1. The zero-order valence-electron chi connectivity index (χ0n) is 13.1. The standard InChI is InChI=1S/C18H19N3OS/c1-2-22-14-7-5-13(6-8-14)16-4-3-10-21(16)17-15-9-11-23-18(15)20-12-19-17/h5-9,11-12,16H,2-4,10H2,1H3. The third-order valence-electron chi connectivity index (χ3n) is 4.34. The SMILES string of the molecule is CCOc1ccc(C2CCCN2c2ncnc3sccc23)cc1. The minimum Gasteiger partial charge on any atom is -0.494 e. The van der Waals surface area contributed by atoms with Crippen molar-refractivity contribution >= 4 is 27.4 Å². The van der Waals surface area contributed by atoms with Crippen LogP contribution in [0.25, 0.3) is 10.2 Å². The topological polar surface area (TPSA) is 38.2 Å². The zero-order valence-corrected chi connectivity index (χ0v) is 13.9. The van der Waals surface area contributed by atoms with Gasteiger partial charge in [0.05, 0.1) is 18.0 Å². The third kappa shape index (κ3) is 2.65. The van der Waals surface area contributed by atoms with E-state index >= 15 is 0 Å². The summed E-state index contributed by atoms with van der Waals surface area (Å²) in [6, 6.07) is 11.0. The molecule has 3 aromatic rings. The van der Waals surface area contributed by atoms with Gasteiger partial charge in [-0.15, -0.1) is 11.3 Å². The van der Waals surface area contributed by atoms with Crippen LogP contribution >= 0.6 is 11.3 Å². The molecule has 0 spiro atoms. The number of ether oxygens (including phenoxy) is 1. The van der Waals surface area contributed by atoms with E-state index < -0.39 is 0 Å². The van der Waals surface area contributed by atoms with Gasteiger partial charge in [0.2, 0.25) is 0 Å². The van der Waals surface area contributed by atoms with Gasteiger partial charge in [-0.3, -0.25) is 0 Å². The highest BCUT2D eigenvalue weighted by Crippen LogP contribution is 2.38. The first-order valence-electron chi connectivity index (χ1n) is 8.04. The number of benzene rings is 1. The van der Waals surface area contributed by atoms with Gasteiger partial charge in [0, 0.05) is 6.54 Å². The normalized spacial score (nSPS) is 17.8. The predicted molar refractivity (Wildman–Crippen MR) is 94.3 cm³/mol. The maximum atomic E-state index is 5.55. The number of hydrogen-bond donors (Lipinski definition) is 0. The minimum absolute atomic E-state index is 0.378. The van der Waals surface area contributed by atoms with Crippen LogP contribution in [0.2, 0.25) is 0 Å². The Balaban J connectivity index is 1.67. The number of aromatic nitrogens is 2. The maximum absolute atomic E-state index is 5.55. The molecule has 1 aromatic carbocycles. The van der Waals surface area contributed by atoms with Crippen LogP contribution in [-0.4, -0.2) is 23.1 Å². The molecule has 23 heavy (non-hydrogen) atoms. The highest BCUT2D eigenvalue weighted by atomic mass is 32.1. The summed E-state index contributed by atoms with van der Waals surface area (Å²) in [5, 5.41) is 3.25. The second-order valence-corrected chi connectivity index (χ2v) is 6.58. The summed E-state index contributed by atoms with van der Waals surface area (Å²) in [5.74, 6) is 2.00. The van der Waals surface area contributed by atoms with Crippen molar-refractivity contribution < 1.29 is 4.74 Å². The first kappa shape index (κ1) is 14.5. The minimum atomic E-state index is 0.378. The van der Waals surface area contributed by atoms with Crippen molar-refractivity contribution in [3.05, 3.63) is 47.6 Å². The van der Waals surface area contributed by atoms with Gasteiger partial charge in [0.15, 0.2) is 0 Å². The highest BCUT2D eigenvalue weighted by Gasteiger charge is 2.28. The van der Waals surface area contributed by atoms with Gasteiger partial charge in [-0.05, 0) is 48.9 Å².